The molecule has 2 heterocycles. The number of nitrogens with one attached hydrogen (secondary N) is 1. The van der Waals surface area contributed by atoms with Crippen molar-refractivity contribution in [2.75, 3.05) is 0 Å². The van der Waals surface area contributed by atoms with Crippen LogP contribution in [0.25, 0.3) is 0 Å². The normalized spacial score (nSPS) is 14.9. The van der Waals surface area contributed by atoms with E-state index in [-0.39, 0.29) is 0 Å². The number of hydrogen-bond donors (Lipinski definition) is 1. The summed E-state index contributed by atoms with van der Waals surface area (Å²) in [7, 11) is 0. The fourth-order valence-electron chi connectivity index (χ4n) is 2.52. The molecule has 0 saturated heterocycles. The zero-order chi connectivity index (χ0) is 14.1. The van der Waals surface area contributed by atoms with Crippen LogP contribution in [0.15, 0.2) is 12.3 Å². The first kappa shape index (κ1) is 13.4. The molecule has 2 aromatic heterocycles. The summed E-state index contributed by atoms with van der Waals surface area (Å²) in [6.07, 6.45) is 4.80. The molecule has 1 aliphatic carbocycles. The van der Waals surface area contributed by atoms with Gasteiger partial charge < -0.3 is 5.32 Å². The van der Waals surface area contributed by atoms with Crippen molar-refractivity contribution >= 4 is 0 Å². The Bertz CT molecular complexity index is 591. The second-order valence-electron chi connectivity index (χ2n) is 5.69. The minimum Gasteiger partial charge on any atom is -0.310 e. The van der Waals surface area contributed by atoms with Crippen LogP contribution in [0.5, 0.6) is 0 Å². The summed E-state index contributed by atoms with van der Waals surface area (Å²) in [5.41, 5.74) is 4.71. The van der Waals surface area contributed by atoms with E-state index >= 15 is 0 Å². The van der Waals surface area contributed by atoms with E-state index in [1.54, 1.807) is 0 Å². The standard InChI is InChI=1S/C15H23N5/c1-4-20-15(7-11(2)17-20)10-19-9-13(12(3)18-19)8-16-14-5-6-14/h7,9,14,16H,4-6,8,10H2,1-3H3. The first-order chi connectivity index (χ1) is 9.65. The monoisotopic (exact) mass is 273 g/mol. The molecular weight excluding hydrogens is 250 g/mol. The smallest absolute Gasteiger partial charge is 0.0828 e. The van der Waals surface area contributed by atoms with Crippen LogP contribution >= 0.6 is 0 Å². The van der Waals surface area contributed by atoms with Crippen molar-refractivity contribution in [3.8, 4) is 0 Å². The third-order valence-electron chi connectivity index (χ3n) is 3.82. The minimum absolute atomic E-state index is 0.738. The summed E-state index contributed by atoms with van der Waals surface area (Å²) < 4.78 is 4.08. The third kappa shape index (κ3) is 2.93. The van der Waals surface area contributed by atoms with Crippen LogP contribution in [0.2, 0.25) is 0 Å². The van der Waals surface area contributed by atoms with Gasteiger partial charge in [0.1, 0.15) is 0 Å². The van der Waals surface area contributed by atoms with Gasteiger partial charge in [0, 0.05) is 30.9 Å². The number of aromatic nitrogens is 4. The lowest BCUT2D eigenvalue weighted by Crippen LogP contribution is -2.15. The molecule has 0 aromatic carbocycles. The average molecular weight is 273 g/mol. The van der Waals surface area contributed by atoms with E-state index in [0.29, 0.717) is 0 Å². The molecule has 108 valence electrons. The van der Waals surface area contributed by atoms with Crippen molar-refractivity contribution < 1.29 is 0 Å². The van der Waals surface area contributed by atoms with Gasteiger partial charge in [-0.25, -0.2) is 0 Å². The zero-order valence-corrected chi connectivity index (χ0v) is 12.6. The van der Waals surface area contributed by atoms with Gasteiger partial charge in [-0.15, -0.1) is 0 Å². The van der Waals surface area contributed by atoms with E-state index in [2.05, 4.69) is 46.3 Å². The van der Waals surface area contributed by atoms with Crippen molar-refractivity contribution in [2.45, 2.75) is 59.3 Å². The van der Waals surface area contributed by atoms with Gasteiger partial charge in [0.25, 0.3) is 0 Å². The number of rotatable bonds is 6. The summed E-state index contributed by atoms with van der Waals surface area (Å²) in [6, 6.07) is 2.88. The number of hydrogen-bond acceptors (Lipinski definition) is 3. The predicted octanol–water partition coefficient (Wildman–Crippen LogP) is 2.02. The van der Waals surface area contributed by atoms with Gasteiger partial charge in [-0.1, -0.05) is 0 Å². The van der Waals surface area contributed by atoms with Gasteiger partial charge in [0.15, 0.2) is 0 Å². The molecule has 5 heteroatoms. The predicted molar refractivity (Wildman–Crippen MR) is 78.6 cm³/mol. The molecule has 1 fully saturated rings. The van der Waals surface area contributed by atoms with E-state index in [9.17, 15) is 0 Å². The average Bonchev–Trinajstić information content (AvgIpc) is 3.09. The molecule has 1 aliphatic rings. The fraction of sp³-hybridized carbons (Fsp3) is 0.600. The molecule has 0 bridgehead atoms. The van der Waals surface area contributed by atoms with E-state index < -0.39 is 0 Å². The highest BCUT2D eigenvalue weighted by Crippen LogP contribution is 2.19. The summed E-state index contributed by atoms with van der Waals surface area (Å²) in [4.78, 5) is 0. The second-order valence-corrected chi connectivity index (χ2v) is 5.69. The van der Waals surface area contributed by atoms with Crippen LogP contribution in [0.4, 0.5) is 0 Å². The highest BCUT2D eigenvalue weighted by atomic mass is 15.3. The molecule has 1 saturated carbocycles. The largest absolute Gasteiger partial charge is 0.310 e. The van der Waals surface area contributed by atoms with Crippen LogP contribution in [-0.2, 0) is 19.6 Å². The SMILES string of the molecule is CCn1nc(C)cc1Cn1cc(CNC2CC2)c(C)n1. The van der Waals surface area contributed by atoms with Gasteiger partial charge in [-0.3, -0.25) is 9.36 Å². The summed E-state index contributed by atoms with van der Waals surface area (Å²) in [5.74, 6) is 0. The van der Waals surface area contributed by atoms with Crippen LogP contribution in [-0.4, -0.2) is 25.6 Å². The molecular formula is C15H23N5. The van der Waals surface area contributed by atoms with Crippen LogP contribution in [0.3, 0.4) is 0 Å². The van der Waals surface area contributed by atoms with Crippen molar-refractivity contribution in [1.82, 2.24) is 24.9 Å². The molecule has 0 radical (unpaired) electrons. The molecule has 20 heavy (non-hydrogen) atoms. The van der Waals surface area contributed by atoms with E-state index in [0.717, 1.165) is 37.1 Å². The Labute approximate surface area is 120 Å². The maximum Gasteiger partial charge on any atom is 0.0828 e. The van der Waals surface area contributed by atoms with Gasteiger partial charge in [0.05, 0.1) is 23.6 Å². The number of nitrogens with zero attached hydrogens (tertiary/aromatic N) is 4. The van der Waals surface area contributed by atoms with E-state index in [1.165, 1.54) is 24.1 Å². The Morgan fingerprint density at radius 3 is 2.80 bits per heavy atom. The molecule has 5 nitrogen and oxygen atoms in total. The maximum absolute atomic E-state index is 4.62. The second kappa shape index (κ2) is 5.40. The van der Waals surface area contributed by atoms with Crippen molar-refractivity contribution in [3.63, 3.8) is 0 Å². The molecule has 2 aromatic rings. The first-order valence-corrected chi connectivity index (χ1v) is 7.45. The van der Waals surface area contributed by atoms with Gasteiger partial charge in [-0.2, -0.15) is 10.2 Å². The maximum atomic E-state index is 4.62. The van der Waals surface area contributed by atoms with Crippen LogP contribution in [0.1, 0.15) is 42.4 Å². The van der Waals surface area contributed by atoms with Gasteiger partial charge in [-0.05, 0) is 39.7 Å². The first-order valence-electron chi connectivity index (χ1n) is 7.45. The Hall–Kier alpha value is -1.62. The Morgan fingerprint density at radius 1 is 1.30 bits per heavy atom. The minimum atomic E-state index is 0.738. The Kier molecular flexibility index (Phi) is 3.61. The van der Waals surface area contributed by atoms with E-state index in [4.69, 9.17) is 0 Å². The zero-order valence-electron chi connectivity index (χ0n) is 12.6. The highest BCUT2D eigenvalue weighted by molar-refractivity contribution is 5.17. The molecule has 0 amide bonds. The molecule has 0 spiro atoms. The Balaban J connectivity index is 1.71. The van der Waals surface area contributed by atoms with Crippen LogP contribution < -0.4 is 5.32 Å². The van der Waals surface area contributed by atoms with Crippen molar-refractivity contribution in [1.29, 1.82) is 0 Å². The van der Waals surface area contributed by atoms with Gasteiger partial charge >= 0.3 is 0 Å². The lowest BCUT2D eigenvalue weighted by atomic mass is 10.2. The lowest BCUT2D eigenvalue weighted by molar-refractivity contribution is 0.573. The summed E-state index contributed by atoms with van der Waals surface area (Å²) in [6.45, 7) is 8.87. The molecule has 0 unspecified atom stereocenters. The van der Waals surface area contributed by atoms with E-state index in [1.807, 2.05) is 11.6 Å². The fourth-order valence-corrected chi connectivity index (χ4v) is 2.52. The quantitative estimate of drug-likeness (QED) is 0.876. The molecule has 3 rings (SSSR count). The number of aryl methyl sites for hydroxylation is 3. The highest BCUT2D eigenvalue weighted by Gasteiger charge is 2.20. The Morgan fingerprint density at radius 2 is 2.10 bits per heavy atom. The third-order valence-corrected chi connectivity index (χ3v) is 3.82. The summed E-state index contributed by atoms with van der Waals surface area (Å²) in [5, 5.41) is 12.7. The topological polar surface area (TPSA) is 47.7 Å². The van der Waals surface area contributed by atoms with Crippen molar-refractivity contribution in [3.05, 3.63) is 34.9 Å². The molecule has 0 atom stereocenters. The lowest BCUT2D eigenvalue weighted by Gasteiger charge is -2.04. The van der Waals surface area contributed by atoms with Crippen molar-refractivity contribution in [2.24, 2.45) is 0 Å². The molecule has 0 aliphatic heterocycles. The van der Waals surface area contributed by atoms with Crippen LogP contribution in [0, 0.1) is 13.8 Å². The summed E-state index contributed by atoms with van der Waals surface area (Å²) >= 11 is 0. The molecule has 1 N–H and O–H groups in total. The van der Waals surface area contributed by atoms with Gasteiger partial charge in [0.2, 0.25) is 0 Å².